The maximum absolute atomic E-state index is 12.8. The fraction of sp³-hybridized carbons (Fsp3) is 0.0769. The normalized spacial score (nSPS) is 10.8. The molecular formula is C13H9FN4O2S. The van der Waals surface area contributed by atoms with E-state index >= 15 is 0 Å². The maximum atomic E-state index is 12.8. The highest BCUT2D eigenvalue weighted by Crippen LogP contribution is 2.19. The van der Waals surface area contributed by atoms with Gasteiger partial charge in [0.05, 0.1) is 6.20 Å². The van der Waals surface area contributed by atoms with Crippen molar-refractivity contribution in [1.82, 2.24) is 19.9 Å². The van der Waals surface area contributed by atoms with Crippen LogP contribution in [-0.2, 0) is 0 Å². The molecule has 8 heteroatoms. The number of aromatic amines is 1. The lowest BCUT2D eigenvalue weighted by Gasteiger charge is -2.05. The molecule has 0 aliphatic rings. The van der Waals surface area contributed by atoms with Gasteiger partial charge < -0.3 is 9.72 Å². The summed E-state index contributed by atoms with van der Waals surface area (Å²) in [7, 11) is 0. The number of nitrogens with one attached hydrogen (secondary N) is 1. The monoisotopic (exact) mass is 304 g/mol. The van der Waals surface area contributed by atoms with E-state index in [1.807, 2.05) is 6.26 Å². The van der Waals surface area contributed by atoms with Gasteiger partial charge in [0.15, 0.2) is 10.9 Å². The third kappa shape index (κ3) is 2.84. The summed E-state index contributed by atoms with van der Waals surface area (Å²) in [6, 6.07) is 4.06. The third-order valence-electron chi connectivity index (χ3n) is 2.63. The number of thioether (sulfide) groups is 1. The van der Waals surface area contributed by atoms with Crippen LogP contribution in [0.15, 0.2) is 40.5 Å². The molecule has 0 unspecified atom stereocenters. The van der Waals surface area contributed by atoms with Crippen molar-refractivity contribution in [2.24, 2.45) is 0 Å². The van der Waals surface area contributed by atoms with Crippen molar-refractivity contribution in [3.8, 4) is 11.6 Å². The first kappa shape index (κ1) is 13.5. The number of pyridine rings is 2. The van der Waals surface area contributed by atoms with Gasteiger partial charge in [-0.1, -0.05) is 11.8 Å². The molecule has 3 aromatic heterocycles. The maximum Gasteiger partial charge on any atom is 0.292 e. The number of aromatic nitrogens is 4. The highest BCUT2D eigenvalue weighted by atomic mass is 32.2. The van der Waals surface area contributed by atoms with Gasteiger partial charge >= 0.3 is 0 Å². The van der Waals surface area contributed by atoms with Crippen LogP contribution in [0.1, 0.15) is 0 Å². The number of H-pyrrole nitrogens is 1. The lowest BCUT2D eigenvalue weighted by atomic mass is 10.3. The molecule has 3 aromatic rings. The second-order valence-corrected chi connectivity index (χ2v) is 4.81. The Balaban J connectivity index is 2.01. The quantitative estimate of drug-likeness (QED) is 0.591. The largest absolute Gasteiger partial charge is 0.433 e. The van der Waals surface area contributed by atoms with Crippen LogP contribution in [0.3, 0.4) is 0 Å². The Kier molecular flexibility index (Phi) is 3.53. The number of ether oxygens (including phenoxy) is 1. The van der Waals surface area contributed by atoms with E-state index in [0.717, 1.165) is 6.20 Å². The Morgan fingerprint density at radius 2 is 2.14 bits per heavy atom. The highest BCUT2D eigenvalue weighted by Gasteiger charge is 2.08. The first-order valence-electron chi connectivity index (χ1n) is 5.89. The Morgan fingerprint density at radius 3 is 2.86 bits per heavy atom. The molecule has 0 radical (unpaired) electrons. The van der Waals surface area contributed by atoms with Crippen molar-refractivity contribution in [1.29, 1.82) is 0 Å². The molecule has 3 heterocycles. The predicted octanol–water partition coefficient (Wildman–Crippen LogP) is 2.37. The topological polar surface area (TPSA) is 80.8 Å². The van der Waals surface area contributed by atoms with E-state index in [4.69, 9.17) is 4.74 Å². The third-order valence-corrected chi connectivity index (χ3v) is 3.20. The number of nitrogens with zero attached hydrogens (tertiary/aromatic N) is 3. The molecular weight excluding hydrogens is 295 g/mol. The van der Waals surface area contributed by atoms with Gasteiger partial charge in [-0.3, -0.25) is 4.79 Å². The first-order chi connectivity index (χ1) is 10.2. The van der Waals surface area contributed by atoms with E-state index in [2.05, 4.69) is 19.9 Å². The smallest absolute Gasteiger partial charge is 0.292 e. The average molecular weight is 304 g/mol. The fourth-order valence-corrected chi connectivity index (χ4v) is 2.01. The zero-order valence-corrected chi connectivity index (χ0v) is 11.6. The van der Waals surface area contributed by atoms with Crippen molar-refractivity contribution in [2.45, 2.75) is 5.16 Å². The number of halogens is 1. The van der Waals surface area contributed by atoms with Gasteiger partial charge in [-0.05, 0) is 18.4 Å². The van der Waals surface area contributed by atoms with Gasteiger partial charge in [-0.15, -0.1) is 0 Å². The average Bonchev–Trinajstić information content (AvgIpc) is 2.50. The van der Waals surface area contributed by atoms with Gasteiger partial charge in [0.25, 0.3) is 5.56 Å². The summed E-state index contributed by atoms with van der Waals surface area (Å²) in [6.45, 7) is 0. The van der Waals surface area contributed by atoms with Gasteiger partial charge in [0.1, 0.15) is 11.5 Å². The summed E-state index contributed by atoms with van der Waals surface area (Å²) < 4.78 is 18.1. The van der Waals surface area contributed by atoms with Crippen molar-refractivity contribution in [3.63, 3.8) is 0 Å². The molecule has 0 bridgehead atoms. The van der Waals surface area contributed by atoms with Crippen LogP contribution in [-0.4, -0.2) is 26.2 Å². The van der Waals surface area contributed by atoms with E-state index in [1.165, 1.54) is 30.0 Å². The lowest BCUT2D eigenvalue weighted by Crippen LogP contribution is -2.10. The lowest BCUT2D eigenvalue weighted by molar-refractivity contribution is 0.453. The van der Waals surface area contributed by atoms with Crippen LogP contribution in [0.5, 0.6) is 11.6 Å². The minimum absolute atomic E-state index is 0.0436. The second-order valence-electron chi connectivity index (χ2n) is 4.04. The minimum Gasteiger partial charge on any atom is -0.433 e. The van der Waals surface area contributed by atoms with Crippen molar-refractivity contribution >= 4 is 22.8 Å². The SMILES string of the molecule is CSc1ncc2cc(Oc3ccc(F)cn3)c(=O)[nH]c2n1. The summed E-state index contributed by atoms with van der Waals surface area (Å²) >= 11 is 1.38. The van der Waals surface area contributed by atoms with Crippen molar-refractivity contribution < 1.29 is 9.13 Å². The van der Waals surface area contributed by atoms with Crippen LogP contribution >= 0.6 is 11.8 Å². The zero-order valence-electron chi connectivity index (χ0n) is 10.8. The zero-order chi connectivity index (χ0) is 14.8. The molecule has 0 atom stereocenters. The Bertz CT molecular complexity index is 851. The molecule has 0 spiro atoms. The first-order valence-corrected chi connectivity index (χ1v) is 7.11. The Labute approximate surface area is 122 Å². The molecule has 0 aliphatic carbocycles. The molecule has 6 nitrogen and oxygen atoms in total. The summed E-state index contributed by atoms with van der Waals surface area (Å²) in [6.07, 6.45) is 4.45. The summed E-state index contributed by atoms with van der Waals surface area (Å²) in [5.41, 5.74) is -0.0156. The van der Waals surface area contributed by atoms with Gasteiger partial charge in [0, 0.05) is 17.6 Å². The fourth-order valence-electron chi connectivity index (χ4n) is 1.67. The van der Waals surface area contributed by atoms with Crippen LogP contribution in [0.2, 0.25) is 0 Å². The summed E-state index contributed by atoms with van der Waals surface area (Å²) in [5.74, 6) is -0.308. The van der Waals surface area contributed by atoms with E-state index in [1.54, 1.807) is 6.20 Å². The molecule has 0 aromatic carbocycles. The summed E-state index contributed by atoms with van der Waals surface area (Å²) in [4.78, 5) is 26.6. The van der Waals surface area contributed by atoms with Gasteiger partial charge in [0.2, 0.25) is 5.88 Å². The molecule has 3 rings (SSSR count). The van der Waals surface area contributed by atoms with Crippen LogP contribution < -0.4 is 10.3 Å². The standard InChI is InChI=1S/C13H9FN4O2S/c1-21-13-16-5-7-4-9(12(19)17-11(7)18-13)20-10-3-2-8(14)6-15-10/h2-6H,1H3,(H,16,17,18,19). The molecule has 0 fully saturated rings. The Hall–Kier alpha value is -2.48. The van der Waals surface area contributed by atoms with Crippen LogP contribution in [0.4, 0.5) is 4.39 Å². The molecule has 0 saturated heterocycles. The Morgan fingerprint density at radius 1 is 1.29 bits per heavy atom. The van der Waals surface area contributed by atoms with E-state index in [-0.39, 0.29) is 11.6 Å². The molecule has 0 amide bonds. The van der Waals surface area contributed by atoms with Gasteiger partial charge in [-0.25, -0.2) is 19.3 Å². The van der Waals surface area contributed by atoms with Crippen molar-refractivity contribution in [2.75, 3.05) is 6.26 Å². The number of hydrogen-bond donors (Lipinski definition) is 1. The minimum atomic E-state index is -0.479. The number of rotatable bonds is 3. The molecule has 0 saturated carbocycles. The molecule has 106 valence electrons. The van der Waals surface area contributed by atoms with E-state index in [0.29, 0.717) is 16.2 Å². The molecule has 1 N–H and O–H groups in total. The van der Waals surface area contributed by atoms with Gasteiger partial charge in [-0.2, -0.15) is 0 Å². The second kappa shape index (κ2) is 5.49. The number of fused-ring (bicyclic) bond motifs is 1. The highest BCUT2D eigenvalue weighted by molar-refractivity contribution is 7.98. The molecule has 0 aliphatic heterocycles. The van der Waals surface area contributed by atoms with Crippen LogP contribution in [0.25, 0.3) is 11.0 Å². The molecule has 21 heavy (non-hydrogen) atoms. The van der Waals surface area contributed by atoms with E-state index in [9.17, 15) is 9.18 Å². The predicted molar refractivity (Wildman–Crippen MR) is 76.2 cm³/mol. The summed E-state index contributed by atoms with van der Waals surface area (Å²) in [5, 5.41) is 1.19. The van der Waals surface area contributed by atoms with Crippen molar-refractivity contribution in [3.05, 3.63) is 46.8 Å². The van der Waals surface area contributed by atoms with E-state index < -0.39 is 11.4 Å². The van der Waals surface area contributed by atoms with Crippen LogP contribution in [0, 0.1) is 5.82 Å². The number of hydrogen-bond acceptors (Lipinski definition) is 6.